The van der Waals surface area contributed by atoms with Crippen LogP contribution >= 0.6 is 11.3 Å². The second-order valence-electron chi connectivity index (χ2n) is 14.5. The summed E-state index contributed by atoms with van der Waals surface area (Å²) >= 11 is 1.87. The molecule has 0 spiro atoms. The minimum Gasteiger partial charge on any atom is -0.310 e. The van der Waals surface area contributed by atoms with Crippen LogP contribution in [0.2, 0.25) is 0 Å². The monoisotopic (exact) mass is 705 g/mol. The standard InChI is InChI=1S/C52H35NS/c1-3-19-41-36(13-1)31-49(45-23-7-5-21-43(41)45)34-15-11-17-38(29-34)53(40-27-28-48-47-25-9-10-26-51(47)54-52(48)33-40)39-18-12-16-35(30-39)50-32-37-14-2-4-20-42(37)44-22-6-8-24-46(44)50/h1-33,43,45H/t43-,45?/m1/s1. The molecule has 1 nitrogen and oxygen atoms in total. The van der Waals surface area contributed by atoms with E-state index < -0.39 is 0 Å². The largest absolute Gasteiger partial charge is 0.310 e. The first-order chi connectivity index (χ1) is 26.8. The molecule has 2 aliphatic rings. The number of fused-ring (bicyclic) bond motifs is 9. The summed E-state index contributed by atoms with van der Waals surface area (Å²) in [5.74, 6) is 0.614. The lowest BCUT2D eigenvalue weighted by Gasteiger charge is -2.33. The first-order valence-corrected chi connectivity index (χ1v) is 19.6. The maximum atomic E-state index is 2.45. The summed E-state index contributed by atoms with van der Waals surface area (Å²) in [7, 11) is 0. The SMILES string of the molecule is C1=CC2C(c3cccc(N(c4cccc(-c5cc6ccccc6c6ccccc56)c4)c4ccc5c(c4)sc4ccccc45)c3)=Cc3ccccc3[C@H]2C=C1. The third-order valence-corrected chi connectivity index (χ3v) is 12.5. The van der Waals surface area contributed by atoms with Crippen molar-refractivity contribution >= 4 is 81.8 Å². The van der Waals surface area contributed by atoms with Crippen molar-refractivity contribution in [2.45, 2.75) is 5.92 Å². The topological polar surface area (TPSA) is 3.24 Å². The lowest BCUT2D eigenvalue weighted by Crippen LogP contribution is -2.18. The molecule has 11 rings (SSSR count). The van der Waals surface area contributed by atoms with E-state index in [-0.39, 0.29) is 5.92 Å². The Bertz CT molecular complexity index is 3030. The van der Waals surface area contributed by atoms with E-state index in [4.69, 9.17) is 0 Å². The number of thiophene rings is 1. The summed E-state index contributed by atoms with van der Waals surface area (Å²) in [6.07, 6.45) is 11.6. The van der Waals surface area contributed by atoms with Gasteiger partial charge in [-0.2, -0.15) is 0 Å². The van der Waals surface area contributed by atoms with Crippen molar-refractivity contribution in [2.24, 2.45) is 5.92 Å². The zero-order valence-corrected chi connectivity index (χ0v) is 30.4. The molecular weight excluding hydrogens is 671 g/mol. The van der Waals surface area contributed by atoms with Crippen LogP contribution in [-0.2, 0) is 0 Å². The van der Waals surface area contributed by atoms with Crippen molar-refractivity contribution in [1.82, 2.24) is 0 Å². The van der Waals surface area contributed by atoms with Crippen LogP contribution in [0.4, 0.5) is 17.1 Å². The van der Waals surface area contributed by atoms with E-state index in [1.54, 1.807) is 0 Å². The van der Waals surface area contributed by atoms with Gasteiger partial charge in [0.05, 0.1) is 0 Å². The first-order valence-electron chi connectivity index (χ1n) is 18.8. The Morgan fingerprint density at radius 2 is 1.07 bits per heavy atom. The molecule has 0 bridgehead atoms. The Morgan fingerprint density at radius 3 is 1.94 bits per heavy atom. The molecule has 8 aromatic carbocycles. The molecule has 0 N–H and O–H groups in total. The zero-order valence-electron chi connectivity index (χ0n) is 29.6. The van der Waals surface area contributed by atoms with Gasteiger partial charge in [-0.15, -0.1) is 11.3 Å². The molecule has 0 aliphatic heterocycles. The minimum atomic E-state index is 0.285. The molecule has 2 heteroatoms. The van der Waals surface area contributed by atoms with Gasteiger partial charge in [-0.1, -0.05) is 152 Å². The van der Waals surface area contributed by atoms with Gasteiger partial charge in [0.15, 0.2) is 0 Å². The average molecular weight is 706 g/mol. The molecule has 9 aromatic rings. The van der Waals surface area contributed by atoms with Crippen LogP contribution in [-0.4, -0.2) is 0 Å². The van der Waals surface area contributed by atoms with Gasteiger partial charge in [-0.3, -0.25) is 0 Å². The van der Waals surface area contributed by atoms with Crippen LogP contribution in [0.3, 0.4) is 0 Å². The van der Waals surface area contributed by atoms with Crippen molar-refractivity contribution in [2.75, 3.05) is 4.90 Å². The van der Waals surface area contributed by atoms with E-state index in [2.05, 4.69) is 205 Å². The molecule has 2 atom stereocenters. The van der Waals surface area contributed by atoms with E-state index in [0.29, 0.717) is 5.92 Å². The van der Waals surface area contributed by atoms with Crippen molar-refractivity contribution in [3.05, 3.63) is 211 Å². The number of nitrogens with zero attached hydrogens (tertiary/aromatic N) is 1. The lowest BCUT2D eigenvalue weighted by atomic mass is 9.71. The second-order valence-corrected chi connectivity index (χ2v) is 15.5. The van der Waals surface area contributed by atoms with Gasteiger partial charge in [-0.05, 0) is 103 Å². The number of allylic oxidation sites excluding steroid dienone is 5. The molecule has 1 unspecified atom stereocenters. The first kappa shape index (κ1) is 31.1. The Balaban J connectivity index is 1.10. The van der Waals surface area contributed by atoms with E-state index in [9.17, 15) is 0 Å². The van der Waals surface area contributed by atoms with Gasteiger partial charge in [0.2, 0.25) is 0 Å². The minimum absolute atomic E-state index is 0.285. The van der Waals surface area contributed by atoms with Gasteiger partial charge in [-0.25, -0.2) is 0 Å². The highest BCUT2D eigenvalue weighted by molar-refractivity contribution is 7.25. The molecule has 1 aromatic heterocycles. The van der Waals surface area contributed by atoms with Crippen molar-refractivity contribution in [3.63, 3.8) is 0 Å². The average Bonchev–Trinajstić information content (AvgIpc) is 3.61. The number of rotatable bonds is 5. The van der Waals surface area contributed by atoms with Gasteiger partial charge in [0, 0.05) is 49.1 Å². The van der Waals surface area contributed by atoms with E-state index in [1.807, 2.05) is 11.3 Å². The normalized spacial score (nSPS) is 16.1. The Labute approximate surface area is 319 Å². The Hall–Kier alpha value is -6.48. The summed E-state index contributed by atoms with van der Waals surface area (Å²) in [5, 5.41) is 7.71. The van der Waals surface area contributed by atoms with Crippen LogP contribution in [0, 0.1) is 5.92 Å². The number of benzene rings is 8. The zero-order chi connectivity index (χ0) is 35.6. The maximum absolute atomic E-state index is 2.45. The molecule has 54 heavy (non-hydrogen) atoms. The van der Waals surface area contributed by atoms with Crippen LogP contribution in [0.15, 0.2) is 194 Å². The van der Waals surface area contributed by atoms with Crippen LogP contribution < -0.4 is 4.90 Å². The number of anilines is 3. The van der Waals surface area contributed by atoms with Crippen LogP contribution in [0.5, 0.6) is 0 Å². The van der Waals surface area contributed by atoms with E-state index in [1.165, 1.54) is 75.1 Å². The summed E-state index contributed by atoms with van der Waals surface area (Å²) < 4.78 is 2.61. The third kappa shape index (κ3) is 5.06. The second kappa shape index (κ2) is 12.6. The van der Waals surface area contributed by atoms with Gasteiger partial charge in [0.25, 0.3) is 0 Å². The van der Waals surface area contributed by atoms with Crippen molar-refractivity contribution in [1.29, 1.82) is 0 Å². The van der Waals surface area contributed by atoms with Crippen molar-refractivity contribution in [3.8, 4) is 11.1 Å². The molecular formula is C52H35NS. The molecule has 1 heterocycles. The summed E-state index contributed by atoms with van der Waals surface area (Å²) in [6.45, 7) is 0. The van der Waals surface area contributed by atoms with Gasteiger partial charge >= 0.3 is 0 Å². The van der Waals surface area contributed by atoms with Gasteiger partial charge < -0.3 is 4.90 Å². The lowest BCUT2D eigenvalue weighted by molar-refractivity contribution is 0.709. The fourth-order valence-electron chi connectivity index (χ4n) is 8.92. The fraction of sp³-hybridized carbons (Fsp3) is 0.0385. The highest BCUT2D eigenvalue weighted by Crippen LogP contribution is 2.48. The molecule has 254 valence electrons. The quantitative estimate of drug-likeness (QED) is 0.161. The smallest absolute Gasteiger partial charge is 0.0476 e. The predicted molar refractivity (Wildman–Crippen MR) is 233 cm³/mol. The molecule has 0 saturated carbocycles. The highest BCUT2D eigenvalue weighted by Gasteiger charge is 2.30. The molecule has 0 radical (unpaired) electrons. The predicted octanol–water partition coefficient (Wildman–Crippen LogP) is 14.9. The van der Waals surface area contributed by atoms with Crippen molar-refractivity contribution < 1.29 is 0 Å². The summed E-state index contributed by atoms with van der Waals surface area (Å²) in [5.41, 5.74) is 11.2. The molecule has 2 aliphatic carbocycles. The Kier molecular flexibility index (Phi) is 7.24. The summed E-state index contributed by atoms with van der Waals surface area (Å²) in [4.78, 5) is 2.45. The third-order valence-electron chi connectivity index (χ3n) is 11.4. The van der Waals surface area contributed by atoms with Crippen LogP contribution in [0.25, 0.3) is 64.5 Å². The van der Waals surface area contributed by atoms with Crippen LogP contribution in [0.1, 0.15) is 22.6 Å². The van der Waals surface area contributed by atoms with E-state index in [0.717, 1.165) is 17.1 Å². The maximum Gasteiger partial charge on any atom is 0.0476 e. The molecule has 0 saturated heterocycles. The Morgan fingerprint density at radius 1 is 0.426 bits per heavy atom. The fourth-order valence-corrected chi connectivity index (χ4v) is 10.1. The highest BCUT2D eigenvalue weighted by atomic mass is 32.1. The number of hydrogen-bond donors (Lipinski definition) is 0. The number of hydrogen-bond acceptors (Lipinski definition) is 2. The molecule has 0 fully saturated rings. The van der Waals surface area contributed by atoms with E-state index >= 15 is 0 Å². The molecule has 0 amide bonds. The summed E-state index contributed by atoms with van der Waals surface area (Å²) in [6, 6.07) is 62.8. The van der Waals surface area contributed by atoms with Gasteiger partial charge in [0.1, 0.15) is 0 Å².